The van der Waals surface area contributed by atoms with E-state index in [2.05, 4.69) is 10.1 Å². The Bertz CT molecular complexity index is 1250. The lowest BCUT2D eigenvalue weighted by Crippen LogP contribution is -2.38. The van der Waals surface area contributed by atoms with Crippen LogP contribution in [-0.2, 0) is 20.6 Å². The van der Waals surface area contributed by atoms with Crippen molar-refractivity contribution in [2.45, 2.75) is 26.4 Å². The predicted molar refractivity (Wildman–Crippen MR) is 106 cm³/mol. The number of nitrogens with zero attached hydrogens (tertiary/aromatic N) is 6. The first-order valence-corrected chi connectivity index (χ1v) is 9.03. The van der Waals surface area contributed by atoms with E-state index in [1.807, 2.05) is 13.8 Å². The zero-order chi connectivity index (χ0) is 20.3. The highest BCUT2D eigenvalue weighted by atomic mass is 35.5. The van der Waals surface area contributed by atoms with Gasteiger partial charge in [-0.15, -0.1) is 0 Å². The van der Waals surface area contributed by atoms with Gasteiger partial charge in [0.25, 0.3) is 5.56 Å². The van der Waals surface area contributed by atoms with Crippen LogP contribution < -0.4 is 16.3 Å². The molecule has 3 heterocycles. The second-order valence-electron chi connectivity index (χ2n) is 6.83. The Labute approximate surface area is 164 Å². The lowest BCUT2D eigenvalue weighted by molar-refractivity contribution is 0.592. The molecule has 0 N–H and O–H groups in total. The highest BCUT2D eigenvalue weighted by molar-refractivity contribution is 6.31. The number of anilines is 1. The van der Waals surface area contributed by atoms with E-state index in [0.29, 0.717) is 11.5 Å². The fourth-order valence-corrected chi connectivity index (χ4v) is 3.62. The minimum Gasteiger partial charge on any atom is -0.294 e. The molecule has 0 amide bonds. The molecule has 0 fully saturated rings. The Morgan fingerprint density at radius 2 is 1.93 bits per heavy atom. The van der Waals surface area contributed by atoms with Crippen LogP contribution in [0.5, 0.6) is 0 Å². The van der Waals surface area contributed by atoms with Gasteiger partial charge in [-0.3, -0.25) is 18.5 Å². The van der Waals surface area contributed by atoms with Crippen molar-refractivity contribution in [2.24, 2.45) is 19.2 Å². The second-order valence-corrected chi connectivity index (χ2v) is 7.24. The van der Waals surface area contributed by atoms with Crippen molar-refractivity contribution < 1.29 is 4.39 Å². The van der Waals surface area contributed by atoms with Crippen molar-refractivity contribution >= 4 is 34.4 Å². The van der Waals surface area contributed by atoms with Crippen LogP contribution in [0.25, 0.3) is 11.2 Å². The topological polar surface area (TPSA) is 77.4 Å². The van der Waals surface area contributed by atoms with Gasteiger partial charge in [-0.2, -0.15) is 10.1 Å². The second kappa shape index (κ2) is 6.30. The van der Waals surface area contributed by atoms with Crippen LogP contribution in [0.15, 0.2) is 32.9 Å². The molecule has 8 nitrogen and oxygen atoms in total. The number of aryl methyl sites for hydroxylation is 1. The van der Waals surface area contributed by atoms with E-state index in [-0.39, 0.29) is 28.8 Å². The Morgan fingerprint density at radius 3 is 2.61 bits per heavy atom. The maximum atomic E-state index is 14.3. The summed E-state index contributed by atoms with van der Waals surface area (Å²) in [6.07, 6.45) is 0. The molecule has 0 saturated heterocycles. The molecule has 1 aliphatic heterocycles. The molecule has 0 spiro atoms. The third kappa shape index (κ3) is 2.50. The molecule has 0 radical (unpaired) electrons. The van der Waals surface area contributed by atoms with Crippen LogP contribution in [0.3, 0.4) is 0 Å². The van der Waals surface area contributed by atoms with E-state index >= 15 is 0 Å². The van der Waals surface area contributed by atoms with Crippen molar-refractivity contribution in [1.82, 2.24) is 18.7 Å². The molecule has 3 aromatic rings. The van der Waals surface area contributed by atoms with Gasteiger partial charge in [0, 0.05) is 24.7 Å². The molecule has 1 aliphatic rings. The van der Waals surface area contributed by atoms with Gasteiger partial charge in [0.2, 0.25) is 5.95 Å². The molecule has 0 bridgehead atoms. The minimum absolute atomic E-state index is 0.0349. The standard InChI is InChI=1S/C18H18ClFN6O2/c1-9-10(2)26-14-15(23(3)18(28)24(4)16(14)27)21-17(26)25(22-9)8-11-12(19)6-5-7-13(11)20/h5-7,10H,8H2,1-4H3/t10-/m0/s1. The Kier molecular flexibility index (Phi) is 4.15. The molecule has 1 atom stereocenters. The quantitative estimate of drug-likeness (QED) is 0.656. The van der Waals surface area contributed by atoms with E-state index in [9.17, 15) is 14.0 Å². The SMILES string of the molecule is CC1=NN(Cc2c(F)cccc2Cl)c2nc3c(c(=O)n(C)c(=O)n3C)n2[C@H]1C. The van der Waals surface area contributed by atoms with Crippen molar-refractivity contribution in [2.75, 3.05) is 5.01 Å². The first-order chi connectivity index (χ1) is 13.2. The Balaban J connectivity index is 1.99. The summed E-state index contributed by atoms with van der Waals surface area (Å²) in [5.41, 5.74) is 0.630. The minimum atomic E-state index is -0.470. The summed E-state index contributed by atoms with van der Waals surface area (Å²) in [6, 6.07) is 4.21. The van der Waals surface area contributed by atoms with Crippen molar-refractivity contribution in [3.8, 4) is 0 Å². The maximum Gasteiger partial charge on any atom is 0.332 e. The van der Waals surface area contributed by atoms with Gasteiger partial charge in [-0.1, -0.05) is 17.7 Å². The van der Waals surface area contributed by atoms with Crippen LogP contribution in [-0.4, -0.2) is 24.4 Å². The van der Waals surface area contributed by atoms with Gasteiger partial charge in [-0.25, -0.2) is 14.2 Å². The van der Waals surface area contributed by atoms with Gasteiger partial charge in [0.05, 0.1) is 18.3 Å². The summed E-state index contributed by atoms with van der Waals surface area (Å²) in [4.78, 5) is 29.6. The summed E-state index contributed by atoms with van der Waals surface area (Å²) >= 11 is 6.17. The molecule has 10 heteroatoms. The van der Waals surface area contributed by atoms with Gasteiger partial charge in [0.15, 0.2) is 11.2 Å². The average Bonchev–Trinajstić information content (AvgIpc) is 3.06. The number of halogens is 2. The van der Waals surface area contributed by atoms with Crippen LogP contribution in [0.4, 0.5) is 10.3 Å². The predicted octanol–water partition coefficient (Wildman–Crippen LogP) is 2.18. The summed E-state index contributed by atoms with van der Waals surface area (Å²) < 4.78 is 18.4. The zero-order valence-electron chi connectivity index (χ0n) is 15.8. The van der Waals surface area contributed by atoms with E-state index in [4.69, 9.17) is 11.6 Å². The number of rotatable bonds is 2. The molecule has 0 unspecified atom stereocenters. The molecule has 4 rings (SSSR count). The lowest BCUT2D eigenvalue weighted by Gasteiger charge is -2.29. The first kappa shape index (κ1) is 18.4. The van der Waals surface area contributed by atoms with Crippen LogP contribution in [0, 0.1) is 5.82 Å². The normalized spacial score (nSPS) is 16.4. The molecule has 28 heavy (non-hydrogen) atoms. The van der Waals surface area contributed by atoms with Gasteiger partial charge in [0.1, 0.15) is 5.82 Å². The Hall–Kier alpha value is -2.94. The smallest absolute Gasteiger partial charge is 0.294 e. The third-order valence-corrected chi connectivity index (χ3v) is 5.50. The zero-order valence-corrected chi connectivity index (χ0v) is 16.5. The third-order valence-electron chi connectivity index (χ3n) is 5.14. The van der Waals surface area contributed by atoms with E-state index in [0.717, 1.165) is 10.3 Å². The molecule has 0 aliphatic carbocycles. The lowest BCUT2D eigenvalue weighted by atomic mass is 10.2. The fraction of sp³-hybridized carbons (Fsp3) is 0.333. The van der Waals surface area contributed by atoms with Crippen molar-refractivity contribution in [3.05, 3.63) is 55.4 Å². The molecular weight excluding hydrogens is 387 g/mol. The first-order valence-electron chi connectivity index (χ1n) is 8.65. The van der Waals surface area contributed by atoms with Crippen LogP contribution in [0.2, 0.25) is 5.02 Å². The van der Waals surface area contributed by atoms with Crippen LogP contribution in [0.1, 0.15) is 25.5 Å². The largest absolute Gasteiger partial charge is 0.332 e. The van der Waals surface area contributed by atoms with E-state index < -0.39 is 17.1 Å². The molecule has 146 valence electrons. The number of aromatic nitrogens is 4. The van der Waals surface area contributed by atoms with Crippen molar-refractivity contribution in [3.63, 3.8) is 0 Å². The summed E-state index contributed by atoms with van der Waals surface area (Å²) in [7, 11) is 2.98. The van der Waals surface area contributed by atoms with Crippen molar-refractivity contribution in [1.29, 1.82) is 0 Å². The molecule has 2 aromatic heterocycles. The molecule has 1 aromatic carbocycles. The monoisotopic (exact) mass is 404 g/mol. The number of hydrogen-bond acceptors (Lipinski definition) is 5. The summed E-state index contributed by atoms with van der Waals surface area (Å²) in [5, 5.41) is 6.31. The Morgan fingerprint density at radius 1 is 1.21 bits per heavy atom. The van der Waals surface area contributed by atoms with Gasteiger partial charge < -0.3 is 0 Å². The number of benzene rings is 1. The van der Waals surface area contributed by atoms with E-state index in [1.54, 1.807) is 17.7 Å². The fourth-order valence-electron chi connectivity index (χ4n) is 3.40. The average molecular weight is 405 g/mol. The number of hydrogen-bond donors (Lipinski definition) is 0. The molecule has 0 saturated carbocycles. The highest BCUT2D eigenvalue weighted by Crippen LogP contribution is 2.32. The summed E-state index contributed by atoms with van der Waals surface area (Å²) in [5.74, 6) is -0.101. The van der Waals surface area contributed by atoms with Gasteiger partial charge in [-0.05, 0) is 26.0 Å². The summed E-state index contributed by atoms with van der Waals surface area (Å²) in [6.45, 7) is 3.75. The maximum absolute atomic E-state index is 14.3. The van der Waals surface area contributed by atoms with E-state index in [1.165, 1.54) is 28.8 Å². The van der Waals surface area contributed by atoms with Gasteiger partial charge >= 0.3 is 5.69 Å². The molecular formula is C18H18ClFN6O2. The number of imidazole rings is 1. The highest BCUT2D eigenvalue weighted by Gasteiger charge is 2.31. The number of fused-ring (bicyclic) bond motifs is 3. The van der Waals surface area contributed by atoms with Crippen LogP contribution >= 0.6 is 11.6 Å². The number of hydrazone groups is 1.